The third kappa shape index (κ3) is 6.49. The standard InChI is InChI=1S/C21H19BrCl2N4O2S/c1-3-8-28-19(11-30-15-5-6-16(23)13(2)9-15)26-27-21(28)31-12-20(29)25-18-7-4-14(22)10-17(18)24/h3-7,9-10H,1,8,11-12H2,2H3,(H,25,29). The number of anilines is 1. The van der Waals surface area contributed by atoms with Crippen LogP contribution >= 0.6 is 50.9 Å². The fourth-order valence-electron chi connectivity index (χ4n) is 2.61. The van der Waals surface area contributed by atoms with Gasteiger partial charge in [-0.05, 0) is 48.9 Å². The van der Waals surface area contributed by atoms with E-state index in [-0.39, 0.29) is 18.3 Å². The van der Waals surface area contributed by atoms with Crippen LogP contribution in [0.4, 0.5) is 5.69 Å². The predicted molar refractivity (Wildman–Crippen MR) is 129 cm³/mol. The van der Waals surface area contributed by atoms with Crippen LogP contribution in [0.15, 0.2) is 58.7 Å². The second-order valence-electron chi connectivity index (χ2n) is 6.46. The molecular formula is C21H19BrCl2N4O2S. The van der Waals surface area contributed by atoms with Crippen LogP contribution < -0.4 is 10.1 Å². The Labute approximate surface area is 203 Å². The van der Waals surface area contributed by atoms with Crippen molar-refractivity contribution in [3.8, 4) is 5.75 Å². The third-order valence-corrected chi connectivity index (χ3v) is 6.34. The van der Waals surface area contributed by atoms with Crippen LogP contribution in [0.2, 0.25) is 10.0 Å². The zero-order valence-electron chi connectivity index (χ0n) is 16.6. The van der Waals surface area contributed by atoms with Gasteiger partial charge in [0.25, 0.3) is 0 Å². The number of hydrogen-bond acceptors (Lipinski definition) is 5. The van der Waals surface area contributed by atoms with Crippen LogP contribution in [-0.4, -0.2) is 26.4 Å². The van der Waals surface area contributed by atoms with Gasteiger partial charge in [0.1, 0.15) is 12.4 Å². The van der Waals surface area contributed by atoms with Crippen LogP contribution in [0.3, 0.4) is 0 Å². The summed E-state index contributed by atoms with van der Waals surface area (Å²) in [7, 11) is 0. The molecule has 1 heterocycles. The summed E-state index contributed by atoms with van der Waals surface area (Å²) in [6.07, 6.45) is 1.74. The lowest BCUT2D eigenvalue weighted by atomic mass is 10.2. The highest BCUT2D eigenvalue weighted by molar-refractivity contribution is 9.10. The Hall–Kier alpha value is -2.00. The van der Waals surface area contributed by atoms with Crippen LogP contribution in [0, 0.1) is 6.92 Å². The zero-order chi connectivity index (χ0) is 22.4. The Morgan fingerprint density at radius 1 is 1.26 bits per heavy atom. The van der Waals surface area contributed by atoms with E-state index in [0.29, 0.717) is 39.0 Å². The molecule has 0 atom stereocenters. The largest absolute Gasteiger partial charge is 0.486 e. The van der Waals surface area contributed by atoms with Gasteiger partial charge in [-0.15, -0.1) is 16.8 Å². The second kappa shape index (κ2) is 11.0. The van der Waals surface area contributed by atoms with Gasteiger partial charge >= 0.3 is 0 Å². The Morgan fingerprint density at radius 3 is 2.77 bits per heavy atom. The fourth-order valence-corrected chi connectivity index (χ4v) is 4.21. The molecule has 0 fully saturated rings. The quantitative estimate of drug-likeness (QED) is 0.260. The van der Waals surface area contributed by atoms with Gasteiger partial charge in [-0.3, -0.25) is 9.36 Å². The van der Waals surface area contributed by atoms with E-state index in [0.717, 1.165) is 10.0 Å². The number of ether oxygens (including phenoxy) is 1. The zero-order valence-corrected chi connectivity index (χ0v) is 20.5. The Kier molecular flexibility index (Phi) is 8.43. The van der Waals surface area contributed by atoms with Crippen molar-refractivity contribution in [2.75, 3.05) is 11.1 Å². The second-order valence-corrected chi connectivity index (χ2v) is 9.13. The van der Waals surface area contributed by atoms with Crippen molar-refractivity contribution in [3.05, 3.63) is 75.0 Å². The van der Waals surface area contributed by atoms with Gasteiger partial charge in [-0.1, -0.05) is 57.0 Å². The van der Waals surface area contributed by atoms with Crippen LogP contribution in [0.1, 0.15) is 11.4 Å². The lowest BCUT2D eigenvalue weighted by Crippen LogP contribution is -2.15. The topological polar surface area (TPSA) is 69.0 Å². The van der Waals surface area contributed by atoms with E-state index in [1.807, 2.05) is 23.6 Å². The van der Waals surface area contributed by atoms with E-state index in [4.69, 9.17) is 27.9 Å². The molecule has 0 bridgehead atoms. The molecule has 0 aliphatic carbocycles. The maximum Gasteiger partial charge on any atom is 0.234 e. The molecule has 3 aromatic rings. The molecular weight excluding hydrogens is 523 g/mol. The van der Waals surface area contributed by atoms with Crippen molar-refractivity contribution in [2.24, 2.45) is 0 Å². The molecule has 1 N–H and O–H groups in total. The maximum atomic E-state index is 12.4. The highest BCUT2D eigenvalue weighted by Crippen LogP contribution is 2.26. The number of carbonyl (C=O) groups excluding carboxylic acids is 1. The summed E-state index contributed by atoms with van der Waals surface area (Å²) < 4.78 is 8.53. The smallest absolute Gasteiger partial charge is 0.234 e. The van der Waals surface area contributed by atoms with Crippen molar-refractivity contribution in [2.45, 2.75) is 25.2 Å². The summed E-state index contributed by atoms with van der Waals surface area (Å²) in [4.78, 5) is 12.4. The fraction of sp³-hybridized carbons (Fsp3) is 0.190. The number of rotatable bonds is 9. The number of carbonyl (C=O) groups is 1. The minimum atomic E-state index is -0.197. The molecule has 2 aromatic carbocycles. The normalized spacial score (nSPS) is 10.7. The first-order valence-electron chi connectivity index (χ1n) is 9.17. The number of amides is 1. The number of benzene rings is 2. The SMILES string of the molecule is C=CCn1c(COc2ccc(Cl)c(C)c2)nnc1SCC(=O)Nc1ccc(Br)cc1Cl. The van der Waals surface area contributed by atoms with E-state index in [1.165, 1.54) is 11.8 Å². The van der Waals surface area contributed by atoms with Crippen molar-refractivity contribution in [3.63, 3.8) is 0 Å². The summed E-state index contributed by atoms with van der Waals surface area (Å²) in [5, 5.41) is 13.0. The van der Waals surface area contributed by atoms with E-state index in [2.05, 4.69) is 38.0 Å². The number of nitrogens with zero attached hydrogens (tertiary/aromatic N) is 3. The summed E-state index contributed by atoms with van der Waals surface area (Å²) in [5.41, 5.74) is 1.48. The number of aryl methyl sites for hydroxylation is 1. The van der Waals surface area contributed by atoms with Gasteiger partial charge in [0.2, 0.25) is 5.91 Å². The average Bonchev–Trinajstić information content (AvgIpc) is 3.11. The van der Waals surface area contributed by atoms with Gasteiger partial charge in [0, 0.05) is 16.0 Å². The summed E-state index contributed by atoms with van der Waals surface area (Å²) in [6.45, 7) is 6.42. The van der Waals surface area contributed by atoms with E-state index >= 15 is 0 Å². The highest BCUT2D eigenvalue weighted by Gasteiger charge is 2.15. The molecule has 0 radical (unpaired) electrons. The molecule has 0 aliphatic heterocycles. The first-order valence-corrected chi connectivity index (χ1v) is 11.7. The first kappa shape index (κ1) is 23.7. The first-order chi connectivity index (χ1) is 14.9. The van der Waals surface area contributed by atoms with Gasteiger partial charge in [0.05, 0.1) is 16.5 Å². The van der Waals surface area contributed by atoms with Gasteiger partial charge in [0.15, 0.2) is 11.0 Å². The molecule has 10 heteroatoms. The van der Waals surface area contributed by atoms with Crippen LogP contribution in [0.25, 0.3) is 0 Å². The molecule has 0 saturated heterocycles. The Bertz CT molecular complexity index is 1110. The lowest BCUT2D eigenvalue weighted by molar-refractivity contribution is -0.113. The lowest BCUT2D eigenvalue weighted by Gasteiger charge is -2.10. The monoisotopic (exact) mass is 540 g/mol. The van der Waals surface area contributed by atoms with Crippen LogP contribution in [-0.2, 0) is 17.9 Å². The molecule has 0 saturated carbocycles. The molecule has 0 aliphatic rings. The van der Waals surface area contributed by atoms with Crippen molar-refractivity contribution >= 4 is 62.5 Å². The van der Waals surface area contributed by atoms with Crippen molar-refractivity contribution in [1.82, 2.24) is 14.8 Å². The summed E-state index contributed by atoms with van der Waals surface area (Å²) >= 11 is 16.8. The average molecular weight is 542 g/mol. The van der Waals surface area contributed by atoms with Gasteiger partial charge < -0.3 is 10.1 Å². The molecule has 162 valence electrons. The van der Waals surface area contributed by atoms with Crippen molar-refractivity contribution < 1.29 is 9.53 Å². The molecule has 1 aromatic heterocycles. The third-order valence-electron chi connectivity index (χ3n) is 4.14. The number of halogens is 3. The predicted octanol–water partition coefficient (Wildman–Crippen LogP) is 6.15. The molecule has 0 spiro atoms. The van der Waals surface area contributed by atoms with E-state index < -0.39 is 0 Å². The minimum absolute atomic E-state index is 0.152. The number of hydrogen-bond donors (Lipinski definition) is 1. The van der Waals surface area contributed by atoms with E-state index in [9.17, 15) is 4.79 Å². The van der Waals surface area contributed by atoms with Gasteiger partial charge in [-0.25, -0.2) is 0 Å². The summed E-state index contributed by atoms with van der Waals surface area (Å²) in [5.74, 6) is 1.28. The maximum absolute atomic E-state index is 12.4. The molecule has 0 unspecified atom stereocenters. The van der Waals surface area contributed by atoms with E-state index in [1.54, 1.807) is 30.3 Å². The number of thioether (sulfide) groups is 1. The van der Waals surface area contributed by atoms with Gasteiger partial charge in [-0.2, -0.15) is 0 Å². The molecule has 1 amide bonds. The molecule has 6 nitrogen and oxygen atoms in total. The minimum Gasteiger partial charge on any atom is -0.486 e. The molecule has 3 rings (SSSR count). The summed E-state index contributed by atoms with van der Waals surface area (Å²) in [6, 6.07) is 10.7. The van der Waals surface area contributed by atoms with Crippen molar-refractivity contribution in [1.29, 1.82) is 0 Å². The number of aromatic nitrogens is 3. The Morgan fingerprint density at radius 2 is 2.06 bits per heavy atom. The Balaban J connectivity index is 1.63. The number of nitrogens with one attached hydrogen (secondary N) is 1. The number of allylic oxidation sites excluding steroid dienone is 1. The van der Waals surface area contributed by atoms with Crippen LogP contribution in [0.5, 0.6) is 5.75 Å². The molecule has 31 heavy (non-hydrogen) atoms. The highest BCUT2D eigenvalue weighted by atomic mass is 79.9.